The Bertz CT molecular complexity index is 820. The minimum Gasteiger partial charge on any atom is -0.326 e. The van der Waals surface area contributed by atoms with Crippen LogP contribution in [0.3, 0.4) is 0 Å². The average Bonchev–Trinajstić information content (AvgIpc) is 3.06. The fraction of sp³-hybridized carbons (Fsp3) is 0.294. The summed E-state index contributed by atoms with van der Waals surface area (Å²) in [4.78, 5) is 15.3. The summed E-state index contributed by atoms with van der Waals surface area (Å²) < 4.78 is 27.5. The summed E-state index contributed by atoms with van der Waals surface area (Å²) in [5, 5.41) is 2.63. The summed E-state index contributed by atoms with van der Waals surface area (Å²) in [6.45, 7) is 1.91. The first-order chi connectivity index (χ1) is 11.5. The van der Waals surface area contributed by atoms with E-state index < -0.39 is 10.0 Å². The molecule has 0 aliphatic carbocycles. The summed E-state index contributed by atoms with van der Waals surface area (Å²) in [5.41, 5.74) is 1.54. The number of nitrogens with one attached hydrogen (secondary N) is 1. The van der Waals surface area contributed by atoms with Gasteiger partial charge in [0.2, 0.25) is 15.9 Å². The Morgan fingerprint density at radius 1 is 1.17 bits per heavy atom. The van der Waals surface area contributed by atoms with Gasteiger partial charge in [-0.2, -0.15) is 4.31 Å². The highest BCUT2D eigenvalue weighted by Crippen LogP contribution is 2.36. The molecule has 0 saturated carbocycles. The number of sulfonamides is 1. The third kappa shape index (κ3) is 3.32. The van der Waals surface area contributed by atoms with E-state index in [9.17, 15) is 13.2 Å². The zero-order chi connectivity index (χ0) is 17.2. The molecule has 2 aromatic rings. The summed E-state index contributed by atoms with van der Waals surface area (Å²) >= 11 is 0. The zero-order valence-corrected chi connectivity index (χ0v) is 14.2. The molecule has 1 aliphatic heterocycles. The third-order valence-corrected chi connectivity index (χ3v) is 6.00. The van der Waals surface area contributed by atoms with E-state index in [1.807, 2.05) is 12.1 Å². The molecule has 1 fully saturated rings. The van der Waals surface area contributed by atoms with Crippen LogP contribution in [0.15, 0.2) is 53.7 Å². The van der Waals surface area contributed by atoms with Gasteiger partial charge in [0.1, 0.15) is 0 Å². The van der Waals surface area contributed by atoms with Crippen LogP contribution >= 0.6 is 0 Å². The fourth-order valence-electron chi connectivity index (χ4n) is 3.00. The second kappa shape index (κ2) is 6.70. The van der Waals surface area contributed by atoms with Gasteiger partial charge in [-0.25, -0.2) is 8.42 Å². The van der Waals surface area contributed by atoms with Crippen molar-refractivity contribution in [2.75, 3.05) is 11.9 Å². The number of nitrogens with zero attached hydrogens (tertiary/aromatic N) is 2. The Labute approximate surface area is 141 Å². The molecule has 7 heteroatoms. The first-order valence-corrected chi connectivity index (χ1v) is 9.22. The molecule has 1 saturated heterocycles. The van der Waals surface area contributed by atoms with E-state index in [0.717, 1.165) is 18.4 Å². The highest BCUT2D eigenvalue weighted by molar-refractivity contribution is 7.89. The predicted octanol–water partition coefficient (Wildman–Crippen LogP) is 2.57. The van der Waals surface area contributed by atoms with Crippen molar-refractivity contribution in [1.29, 1.82) is 0 Å². The maximum absolute atomic E-state index is 13.0. The van der Waals surface area contributed by atoms with Crippen LogP contribution in [0.1, 0.15) is 31.4 Å². The summed E-state index contributed by atoms with van der Waals surface area (Å²) in [5.74, 6) is -0.192. The monoisotopic (exact) mass is 345 g/mol. The quantitative estimate of drug-likeness (QED) is 0.923. The highest BCUT2D eigenvalue weighted by atomic mass is 32.2. The van der Waals surface area contributed by atoms with Crippen molar-refractivity contribution in [3.05, 3.63) is 54.4 Å². The molecule has 0 spiro atoms. The van der Waals surface area contributed by atoms with E-state index in [1.54, 1.807) is 28.8 Å². The Kier molecular flexibility index (Phi) is 4.64. The molecule has 0 bridgehead atoms. The molecule has 1 aromatic heterocycles. The van der Waals surface area contributed by atoms with E-state index in [4.69, 9.17) is 0 Å². The third-order valence-electron chi connectivity index (χ3n) is 4.08. The Balaban J connectivity index is 1.88. The first-order valence-electron chi connectivity index (χ1n) is 7.78. The Morgan fingerprint density at radius 3 is 2.46 bits per heavy atom. The molecule has 0 radical (unpaired) electrons. The van der Waals surface area contributed by atoms with Crippen molar-refractivity contribution in [2.24, 2.45) is 0 Å². The molecule has 6 nitrogen and oxygen atoms in total. The van der Waals surface area contributed by atoms with Gasteiger partial charge in [0, 0.05) is 31.5 Å². The lowest BCUT2D eigenvalue weighted by molar-refractivity contribution is -0.114. The highest BCUT2D eigenvalue weighted by Gasteiger charge is 2.36. The number of rotatable bonds is 4. The number of benzene rings is 1. The van der Waals surface area contributed by atoms with Gasteiger partial charge < -0.3 is 5.32 Å². The minimum absolute atomic E-state index is 0.159. The van der Waals surface area contributed by atoms with Gasteiger partial charge in [-0.3, -0.25) is 9.78 Å². The molecule has 2 heterocycles. The number of anilines is 1. The average molecular weight is 345 g/mol. The number of pyridine rings is 1. The van der Waals surface area contributed by atoms with Crippen LogP contribution in [0, 0.1) is 0 Å². The molecule has 1 atom stereocenters. The predicted molar refractivity (Wildman–Crippen MR) is 90.8 cm³/mol. The number of amides is 1. The van der Waals surface area contributed by atoms with Crippen molar-refractivity contribution in [3.8, 4) is 0 Å². The van der Waals surface area contributed by atoms with Crippen molar-refractivity contribution < 1.29 is 13.2 Å². The van der Waals surface area contributed by atoms with E-state index in [2.05, 4.69) is 10.3 Å². The zero-order valence-electron chi connectivity index (χ0n) is 13.3. The molecule has 24 heavy (non-hydrogen) atoms. The van der Waals surface area contributed by atoms with Crippen molar-refractivity contribution >= 4 is 21.6 Å². The number of aromatic nitrogens is 1. The summed E-state index contributed by atoms with van der Waals surface area (Å²) in [6.07, 6.45) is 4.99. The topological polar surface area (TPSA) is 79.4 Å². The Morgan fingerprint density at radius 2 is 1.83 bits per heavy atom. The van der Waals surface area contributed by atoms with Crippen LogP contribution in [0.25, 0.3) is 0 Å². The summed E-state index contributed by atoms with van der Waals surface area (Å²) in [7, 11) is -3.58. The molecule has 126 valence electrons. The Hall–Kier alpha value is -2.25. The number of carbonyl (C=O) groups excluding carboxylic acids is 1. The molecule has 1 aliphatic rings. The van der Waals surface area contributed by atoms with E-state index >= 15 is 0 Å². The number of hydrogen-bond acceptors (Lipinski definition) is 4. The van der Waals surface area contributed by atoms with Gasteiger partial charge in [0.15, 0.2) is 0 Å². The van der Waals surface area contributed by atoms with Crippen molar-refractivity contribution in [2.45, 2.75) is 30.7 Å². The largest absolute Gasteiger partial charge is 0.326 e. The maximum atomic E-state index is 13.0. The van der Waals surface area contributed by atoms with Gasteiger partial charge in [0.25, 0.3) is 0 Å². The SMILES string of the molecule is CC(=O)Nc1ccc(S(=O)(=O)N2CCC[C@@H]2c2ccncc2)cc1. The van der Waals surface area contributed by atoms with E-state index in [0.29, 0.717) is 12.2 Å². The van der Waals surface area contributed by atoms with Gasteiger partial charge >= 0.3 is 0 Å². The van der Waals surface area contributed by atoms with Gasteiger partial charge in [-0.1, -0.05) is 0 Å². The number of hydrogen-bond donors (Lipinski definition) is 1. The van der Waals surface area contributed by atoms with Crippen molar-refractivity contribution in [3.63, 3.8) is 0 Å². The lowest BCUT2D eigenvalue weighted by Crippen LogP contribution is -2.30. The van der Waals surface area contributed by atoms with Crippen LogP contribution in [0.5, 0.6) is 0 Å². The lowest BCUT2D eigenvalue weighted by atomic mass is 10.1. The lowest BCUT2D eigenvalue weighted by Gasteiger charge is -2.24. The minimum atomic E-state index is -3.58. The standard InChI is InChI=1S/C17H19N3O3S/c1-13(21)19-15-4-6-16(7-5-15)24(22,23)20-12-2-3-17(20)14-8-10-18-11-9-14/h4-11,17H,2-3,12H2,1H3,(H,19,21)/t17-/m1/s1. The van der Waals surface area contributed by atoms with E-state index in [1.165, 1.54) is 19.1 Å². The molecule has 3 rings (SSSR count). The van der Waals surface area contributed by atoms with Crippen molar-refractivity contribution in [1.82, 2.24) is 9.29 Å². The van der Waals surface area contributed by atoms with Crippen LogP contribution in [0.2, 0.25) is 0 Å². The molecule has 1 aromatic carbocycles. The van der Waals surface area contributed by atoms with Gasteiger partial charge in [-0.05, 0) is 54.8 Å². The maximum Gasteiger partial charge on any atom is 0.243 e. The normalized spacial score (nSPS) is 18.5. The van der Waals surface area contributed by atoms with Crippen LogP contribution in [-0.2, 0) is 14.8 Å². The van der Waals surface area contributed by atoms with Crippen LogP contribution in [-0.4, -0.2) is 30.2 Å². The first kappa shape index (κ1) is 16.6. The smallest absolute Gasteiger partial charge is 0.243 e. The van der Waals surface area contributed by atoms with Crippen LogP contribution < -0.4 is 5.32 Å². The van der Waals surface area contributed by atoms with Gasteiger partial charge in [-0.15, -0.1) is 0 Å². The second-order valence-electron chi connectivity index (χ2n) is 5.76. The molecule has 1 N–H and O–H groups in total. The number of carbonyl (C=O) groups is 1. The van der Waals surface area contributed by atoms with E-state index in [-0.39, 0.29) is 16.8 Å². The molecular formula is C17H19N3O3S. The molecule has 1 amide bonds. The fourth-order valence-corrected chi connectivity index (χ4v) is 4.68. The summed E-state index contributed by atoms with van der Waals surface area (Å²) in [6, 6.07) is 9.83. The molecule has 0 unspecified atom stereocenters. The van der Waals surface area contributed by atoms with Gasteiger partial charge in [0.05, 0.1) is 10.9 Å². The van der Waals surface area contributed by atoms with Crippen LogP contribution in [0.4, 0.5) is 5.69 Å². The second-order valence-corrected chi connectivity index (χ2v) is 7.65. The molecular weight excluding hydrogens is 326 g/mol.